The van der Waals surface area contributed by atoms with Gasteiger partial charge < -0.3 is 5.11 Å². The van der Waals surface area contributed by atoms with Gasteiger partial charge in [0.25, 0.3) is 0 Å². The summed E-state index contributed by atoms with van der Waals surface area (Å²) in [5, 5.41) is 10.9. The summed E-state index contributed by atoms with van der Waals surface area (Å²) in [5.41, 5.74) is 6.03. The Morgan fingerprint density at radius 3 is 2.06 bits per heavy atom. The van der Waals surface area contributed by atoms with Gasteiger partial charge >= 0.3 is 0 Å². The summed E-state index contributed by atoms with van der Waals surface area (Å²) < 4.78 is 0. The number of allylic oxidation sites excluding steroid dienone is 2. The first kappa shape index (κ1) is 22.5. The van der Waals surface area contributed by atoms with E-state index in [1.807, 2.05) is 11.1 Å². The van der Waals surface area contributed by atoms with E-state index in [0.29, 0.717) is 33.0 Å². The van der Waals surface area contributed by atoms with E-state index in [9.17, 15) is 5.11 Å². The molecule has 0 aliphatic heterocycles. The maximum atomic E-state index is 10.9. The van der Waals surface area contributed by atoms with Crippen molar-refractivity contribution in [2.75, 3.05) is 0 Å². The molecule has 4 fully saturated rings. The Morgan fingerprint density at radius 2 is 1.35 bits per heavy atom. The molecule has 4 saturated carbocycles. The molecule has 0 aromatic heterocycles. The Bertz CT molecular complexity index is 803. The topological polar surface area (TPSA) is 20.2 Å². The van der Waals surface area contributed by atoms with Gasteiger partial charge in [-0.1, -0.05) is 66.5 Å². The molecule has 0 spiro atoms. The first-order valence-electron chi connectivity index (χ1n) is 13.6. The molecule has 1 heteroatoms. The third-order valence-electron chi connectivity index (χ3n) is 12.9. The Kier molecular flexibility index (Phi) is 4.66. The molecule has 5 aliphatic carbocycles. The van der Waals surface area contributed by atoms with Crippen LogP contribution in [-0.4, -0.2) is 11.2 Å². The third-order valence-corrected chi connectivity index (χ3v) is 12.9. The highest BCUT2D eigenvalue weighted by Gasteiger charge is 2.67. The quantitative estimate of drug-likeness (QED) is 0.386. The molecule has 0 unspecified atom stereocenters. The number of aliphatic hydroxyl groups is 1. The summed E-state index contributed by atoms with van der Waals surface area (Å²) in [4.78, 5) is 0. The van der Waals surface area contributed by atoms with Crippen LogP contribution >= 0.6 is 0 Å². The van der Waals surface area contributed by atoms with Gasteiger partial charge in [0, 0.05) is 0 Å². The lowest BCUT2D eigenvalue weighted by atomic mass is 9.34. The summed E-state index contributed by atoms with van der Waals surface area (Å²) in [6.45, 7) is 20.4. The predicted molar refractivity (Wildman–Crippen MR) is 131 cm³/mol. The monoisotopic (exact) mass is 426 g/mol. The second kappa shape index (κ2) is 6.43. The zero-order valence-electron chi connectivity index (χ0n) is 22.0. The Labute approximate surface area is 192 Å². The minimum atomic E-state index is -0.119. The fourth-order valence-corrected chi connectivity index (χ4v) is 10.5. The van der Waals surface area contributed by atoms with Gasteiger partial charge in [-0.3, -0.25) is 0 Å². The second-order valence-corrected chi connectivity index (χ2v) is 15.2. The summed E-state index contributed by atoms with van der Waals surface area (Å²) in [7, 11) is 0. The van der Waals surface area contributed by atoms with Gasteiger partial charge in [-0.2, -0.15) is 0 Å². The normalized spacial score (nSPS) is 53.1. The SMILES string of the molecule is CC1(C)CC[C@]2(C)CC[C@]3(C)C(=C2C1)CC[C@@H]1[C@@]2(C)CC[C@H](O)C(C)(C)[C@H]2CC[C@]13C. The molecule has 1 nitrogen and oxygen atoms in total. The Hall–Kier alpha value is -0.300. The number of hydrogen-bond acceptors (Lipinski definition) is 1. The third kappa shape index (κ3) is 2.77. The average Bonchev–Trinajstić information content (AvgIpc) is 2.67. The fraction of sp³-hybridized carbons (Fsp3) is 0.933. The fourth-order valence-electron chi connectivity index (χ4n) is 10.5. The van der Waals surface area contributed by atoms with Crippen LogP contribution in [0, 0.1) is 44.3 Å². The average molecular weight is 427 g/mol. The van der Waals surface area contributed by atoms with Crippen molar-refractivity contribution in [3.8, 4) is 0 Å². The first-order chi connectivity index (χ1) is 14.2. The zero-order chi connectivity index (χ0) is 22.7. The van der Waals surface area contributed by atoms with Crippen molar-refractivity contribution >= 4 is 0 Å². The standard InChI is InChI=1S/C30H50O/c1-25(2)15-16-27(5)17-18-29(7)20(21(27)19-25)9-10-23-28(6)13-12-24(31)26(3,4)22(28)11-14-30(23,29)8/h22-24,31H,9-19H2,1-8H3/t22-,23-,24+,27-,28+,29-,30-/m1/s1. The van der Waals surface area contributed by atoms with Gasteiger partial charge in [0.1, 0.15) is 0 Å². The van der Waals surface area contributed by atoms with Crippen molar-refractivity contribution in [3.05, 3.63) is 11.1 Å². The molecule has 0 amide bonds. The van der Waals surface area contributed by atoms with Crippen LogP contribution in [0.1, 0.15) is 126 Å². The summed E-state index contributed by atoms with van der Waals surface area (Å²) in [6, 6.07) is 0. The minimum absolute atomic E-state index is 0.0620. The molecule has 5 aliphatic rings. The number of aliphatic hydroxyl groups excluding tert-OH is 1. The van der Waals surface area contributed by atoms with Crippen LogP contribution in [0.4, 0.5) is 0 Å². The Balaban J connectivity index is 1.59. The molecule has 0 heterocycles. The molecular formula is C30H50O. The molecule has 0 radical (unpaired) electrons. The lowest BCUT2D eigenvalue weighted by Gasteiger charge is -2.71. The van der Waals surface area contributed by atoms with Crippen molar-refractivity contribution in [1.29, 1.82) is 0 Å². The van der Waals surface area contributed by atoms with Gasteiger partial charge in [0.2, 0.25) is 0 Å². The highest BCUT2D eigenvalue weighted by molar-refractivity contribution is 5.38. The van der Waals surface area contributed by atoms with Gasteiger partial charge in [0.15, 0.2) is 0 Å². The van der Waals surface area contributed by atoms with Crippen LogP contribution in [0.5, 0.6) is 0 Å². The molecule has 0 saturated heterocycles. The van der Waals surface area contributed by atoms with Crippen LogP contribution in [0.15, 0.2) is 11.1 Å². The van der Waals surface area contributed by atoms with E-state index >= 15 is 0 Å². The van der Waals surface area contributed by atoms with E-state index in [1.165, 1.54) is 64.2 Å². The van der Waals surface area contributed by atoms with Crippen LogP contribution in [-0.2, 0) is 0 Å². The van der Waals surface area contributed by atoms with E-state index in [0.717, 1.165) is 12.3 Å². The maximum Gasteiger partial charge on any atom is 0.0594 e. The van der Waals surface area contributed by atoms with Gasteiger partial charge in [0.05, 0.1) is 6.10 Å². The predicted octanol–water partition coefficient (Wildman–Crippen LogP) is 8.31. The van der Waals surface area contributed by atoms with Crippen molar-refractivity contribution in [2.24, 2.45) is 44.3 Å². The molecule has 0 aromatic rings. The van der Waals surface area contributed by atoms with Gasteiger partial charge in [-0.15, -0.1) is 0 Å². The van der Waals surface area contributed by atoms with Gasteiger partial charge in [-0.05, 0) is 115 Å². The molecule has 31 heavy (non-hydrogen) atoms. The number of hydrogen-bond donors (Lipinski definition) is 1. The van der Waals surface area contributed by atoms with Crippen LogP contribution < -0.4 is 0 Å². The number of fused-ring (bicyclic) bond motifs is 6. The van der Waals surface area contributed by atoms with E-state index in [-0.39, 0.29) is 11.5 Å². The molecular weight excluding hydrogens is 376 g/mol. The molecule has 5 rings (SSSR count). The van der Waals surface area contributed by atoms with Crippen LogP contribution in [0.25, 0.3) is 0 Å². The smallest absolute Gasteiger partial charge is 0.0594 e. The van der Waals surface area contributed by atoms with E-state index in [1.54, 1.807) is 0 Å². The van der Waals surface area contributed by atoms with E-state index < -0.39 is 0 Å². The molecule has 176 valence electrons. The summed E-state index contributed by atoms with van der Waals surface area (Å²) in [6.07, 6.45) is 14.5. The number of rotatable bonds is 0. The largest absolute Gasteiger partial charge is 0.393 e. The van der Waals surface area contributed by atoms with Crippen molar-refractivity contribution in [2.45, 2.75) is 132 Å². The molecule has 1 N–H and O–H groups in total. The lowest BCUT2D eigenvalue weighted by Crippen LogP contribution is -2.64. The van der Waals surface area contributed by atoms with Gasteiger partial charge in [-0.25, -0.2) is 0 Å². The van der Waals surface area contributed by atoms with Crippen LogP contribution in [0.2, 0.25) is 0 Å². The summed E-state index contributed by atoms with van der Waals surface area (Å²) in [5.74, 6) is 1.47. The van der Waals surface area contributed by atoms with Crippen molar-refractivity contribution < 1.29 is 5.11 Å². The van der Waals surface area contributed by atoms with Crippen LogP contribution in [0.3, 0.4) is 0 Å². The highest BCUT2D eigenvalue weighted by atomic mass is 16.3. The zero-order valence-corrected chi connectivity index (χ0v) is 22.0. The van der Waals surface area contributed by atoms with Crippen molar-refractivity contribution in [1.82, 2.24) is 0 Å². The first-order valence-corrected chi connectivity index (χ1v) is 13.6. The maximum absolute atomic E-state index is 10.9. The Morgan fingerprint density at radius 1 is 0.677 bits per heavy atom. The lowest BCUT2D eigenvalue weighted by molar-refractivity contribution is -0.204. The molecule has 0 aromatic carbocycles. The minimum Gasteiger partial charge on any atom is -0.393 e. The molecule has 0 bridgehead atoms. The van der Waals surface area contributed by atoms with E-state index in [4.69, 9.17) is 0 Å². The highest BCUT2D eigenvalue weighted by Crippen LogP contribution is 2.75. The second-order valence-electron chi connectivity index (χ2n) is 15.2. The molecule has 7 atom stereocenters. The van der Waals surface area contributed by atoms with Crippen molar-refractivity contribution in [3.63, 3.8) is 0 Å². The summed E-state index contributed by atoms with van der Waals surface area (Å²) >= 11 is 0. The van der Waals surface area contributed by atoms with E-state index in [2.05, 4.69) is 55.4 Å².